The van der Waals surface area contributed by atoms with E-state index in [1.165, 1.54) is 6.07 Å². The highest BCUT2D eigenvalue weighted by Gasteiger charge is 2.32. The second-order valence-corrected chi connectivity index (χ2v) is 5.89. The van der Waals surface area contributed by atoms with Crippen LogP contribution in [0.5, 0.6) is 0 Å². The maximum absolute atomic E-state index is 13.7. The number of hydrogen-bond donors (Lipinski definition) is 0. The number of amides is 1. The minimum atomic E-state index is -0.707. The van der Waals surface area contributed by atoms with Gasteiger partial charge >= 0.3 is 0 Å². The maximum atomic E-state index is 13.7. The second-order valence-electron chi connectivity index (χ2n) is 5.89. The van der Waals surface area contributed by atoms with Gasteiger partial charge in [-0.25, -0.2) is 8.78 Å². The van der Waals surface area contributed by atoms with Crippen molar-refractivity contribution in [3.05, 3.63) is 47.1 Å². The van der Waals surface area contributed by atoms with Crippen molar-refractivity contribution in [3.8, 4) is 0 Å². The molecule has 1 amide bonds. The first kappa shape index (κ1) is 16.5. The van der Waals surface area contributed by atoms with E-state index >= 15 is 0 Å². The Labute approximate surface area is 138 Å². The third kappa shape index (κ3) is 3.28. The summed E-state index contributed by atoms with van der Waals surface area (Å²) < 4.78 is 32.7. The molecule has 8 heteroatoms. The van der Waals surface area contributed by atoms with Crippen LogP contribution in [0.3, 0.4) is 0 Å². The number of halogens is 2. The molecule has 128 valence electrons. The molecule has 1 aliphatic rings. The third-order valence-corrected chi connectivity index (χ3v) is 4.22. The van der Waals surface area contributed by atoms with Gasteiger partial charge in [-0.2, -0.15) is 4.98 Å². The molecule has 0 saturated carbocycles. The third-order valence-electron chi connectivity index (χ3n) is 4.22. The molecule has 3 rings (SSSR count). The molecular formula is C16H18F2N4O2. The molecule has 1 aromatic heterocycles. The van der Waals surface area contributed by atoms with E-state index in [1.807, 2.05) is 11.9 Å². The van der Waals surface area contributed by atoms with E-state index in [0.29, 0.717) is 31.3 Å². The predicted octanol–water partition coefficient (Wildman–Crippen LogP) is 1.71. The minimum absolute atomic E-state index is 0.202. The normalized spacial score (nSPS) is 18.8. The summed E-state index contributed by atoms with van der Waals surface area (Å²) in [6, 6.07) is 3.36. The van der Waals surface area contributed by atoms with Crippen LogP contribution < -0.4 is 0 Å². The molecule has 0 spiro atoms. The lowest BCUT2D eigenvalue weighted by Gasteiger charge is -2.37. The Kier molecular flexibility index (Phi) is 4.57. The van der Waals surface area contributed by atoms with Crippen LogP contribution in [0, 0.1) is 18.6 Å². The fraction of sp³-hybridized carbons (Fsp3) is 0.438. The first-order valence-corrected chi connectivity index (χ1v) is 7.67. The van der Waals surface area contributed by atoms with Crippen molar-refractivity contribution in [2.24, 2.45) is 0 Å². The number of piperazine rings is 1. The van der Waals surface area contributed by atoms with Crippen molar-refractivity contribution in [2.45, 2.75) is 19.4 Å². The van der Waals surface area contributed by atoms with E-state index in [0.717, 1.165) is 12.1 Å². The molecule has 1 aliphatic heterocycles. The fourth-order valence-electron chi connectivity index (χ4n) is 2.78. The quantitative estimate of drug-likeness (QED) is 0.854. The number of rotatable bonds is 3. The molecule has 0 aliphatic carbocycles. The van der Waals surface area contributed by atoms with Crippen molar-refractivity contribution in [1.29, 1.82) is 0 Å². The second kappa shape index (κ2) is 6.64. The number of aryl methyl sites for hydroxylation is 1. The Morgan fingerprint density at radius 2 is 2.04 bits per heavy atom. The lowest BCUT2D eigenvalue weighted by Crippen LogP contribution is -2.49. The van der Waals surface area contributed by atoms with E-state index in [9.17, 15) is 13.6 Å². The smallest absolute Gasteiger partial charge is 0.245 e. The Hall–Kier alpha value is -2.35. The highest BCUT2D eigenvalue weighted by molar-refractivity contribution is 5.79. The zero-order chi connectivity index (χ0) is 17.3. The van der Waals surface area contributed by atoms with Gasteiger partial charge in [0, 0.05) is 25.2 Å². The molecule has 0 N–H and O–H groups in total. The van der Waals surface area contributed by atoms with Gasteiger partial charge in [-0.05, 0) is 26.1 Å². The first-order chi connectivity index (χ1) is 11.5. The van der Waals surface area contributed by atoms with Gasteiger partial charge in [0.1, 0.15) is 17.7 Å². The van der Waals surface area contributed by atoms with Crippen LogP contribution in [0.15, 0.2) is 22.7 Å². The minimum Gasteiger partial charge on any atom is -0.339 e. The summed E-state index contributed by atoms with van der Waals surface area (Å²) >= 11 is 0. The zero-order valence-electron chi connectivity index (χ0n) is 13.5. The molecular weight excluding hydrogens is 318 g/mol. The Balaban J connectivity index is 1.73. The van der Waals surface area contributed by atoms with Crippen molar-refractivity contribution in [3.63, 3.8) is 0 Å². The first-order valence-electron chi connectivity index (χ1n) is 7.67. The average Bonchev–Trinajstić information content (AvgIpc) is 2.97. The summed E-state index contributed by atoms with van der Waals surface area (Å²) in [5, 5.41) is 3.77. The average molecular weight is 336 g/mol. The summed E-state index contributed by atoms with van der Waals surface area (Å²) in [7, 11) is 1.91. The van der Waals surface area contributed by atoms with Crippen molar-refractivity contribution in [2.75, 3.05) is 26.7 Å². The topological polar surface area (TPSA) is 62.5 Å². The van der Waals surface area contributed by atoms with E-state index in [1.54, 1.807) is 11.8 Å². The Bertz CT molecular complexity index is 729. The molecule has 1 atom stereocenters. The number of likely N-dealkylation sites (N-methyl/N-ethyl adjacent to an activating group) is 1. The van der Waals surface area contributed by atoms with Crippen LogP contribution in [0.4, 0.5) is 8.78 Å². The van der Waals surface area contributed by atoms with Crippen molar-refractivity contribution in [1.82, 2.24) is 19.9 Å². The van der Waals surface area contributed by atoms with Gasteiger partial charge in [-0.3, -0.25) is 9.69 Å². The van der Waals surface area contributed by atoms with Gasteiger partial charge in [-0.15, -0.1) is 0 Å². The van der Waals surface area contributed by atoms with Crippen LogP contribution >= 0.6 is 0 Å². The molecule has 1 aromatic carbocycles. The van der Waals surface area contributed by atoms with Gasteiger partial charge in [0.05, 0.1) is 6.42 Å². The summed E-state index contributed by atoms with van der Waals surface area (Å²) in [6.07, 6.45) is -0.308. The van der Waals surface area contributed by atoms with Gasteiger partial charge in [0.15, 0.2) is 5.82 Å². The van der Waals surface area contributed by atoms with Gasteiger partial charge < -0.3 is 9.42 Å². The van der Waals surface area contributed by atoms with Gasteiger partial charge in [0.2, 0.25) is 11.8 Å². The number of carbonyl (C=O) groups excluding carboxylic acids is 1. The number of nitrogens with zero attached hydrogens (tertiary/aromatic N) is 4. The van der Waals surface area contributed by atoms with Crippen molar-refractivity contribution >= 4 is 5.91 Å². The Morgan fingerprint density at radius 1 is 1.33 bits per heavy atom. The van der Waals surface area contributed by atoms with Crippen LogP contribution in [-0.2, 0) is 11.2 Å². The highest BCUT2D eigenvalue weighted by Crippen LogP contribution is 2.23. The molecule has 1 fully saturated rings. The molecule has 0 bridgehead atoms. The standard InChI is InChI=1S/C16H18F2N4O2/c1-10-19-16(24-20-10)14-9-22(7-6-21(14)2)15(23)8-11-12(17)4-3-5-13(11)18/h3-5,14H,6-9H2,1-2H3. The van der Waals surface area contributed by atoms with E-state index in [4.69, 9.17) is 4.52 Å². The number of benzene rings is 1. The fourth-order valence-corrected chi connectivity index (χ4v) is 2.78. The van der Waals surface area contributed by atoms with Crippen LogP contribution in [0.1, 0.15) is 23.3 Å². The lowest BCUT2D eigenvalue weighted by molar-refractivity contribution is -0.133. The van der Waals surface area contributed by atoms with Crippen LogP contribution in [-0.4, -0.2) is 52.5 Å². The summed E-state index contributed by atoms with van der Waals surface area (Å²) in [5.41, 5.74) is -0.202. The van der Waals surface area contributed by atoms with Crippen LogP contribution in [0.25, 0.3) is 0 Å². The molecule has 2 heterocycles. The molecule has 1 saturated heterocycles. The molecule has 0 radical (unpaired) electrons. The van der Waals surface area contributed by atoms with Gasteiger partial charge in [0.25, 0.3) is 0 Å². The lowest BCUT2D eigenvalue weighted by atomic mass is 10.1. The summed E-state index contributed by atoms with van der Waals surface area (Å²) in [6.45, 7) is 3.15. The van der Waals surface area contributed by atoms with Gasteiger partial charge in [-0.1, -0.05) is 11.2 Å². The van der Waals surface area contributed by atoms with E-state index in [2.05, 4.69) is 10.1 Å². The highest BCUT2D eigenvalue weighted by atomic mass is 19.1. The molecule has 2 aromatic rings. The monoisotopic (exact) mass is 336 g/mol. The maximum Gasteiger partial charge on any atom is 0.245 e. The largest absolute Gasteiger partial charge is 0.339 e. The number of carbonyl (C=O) groups is 1. The number of hydrogen-bond acceptors (Lipinski definition) is 5. The summed E-state index contributed by atoms with van der Waals surface area (Å²) in [4.78, 5) is 20.3. The van der Waals surface area contributed by atoms with Crippen molar-refractivity contribution < 1.29 is 18.1 Å². The summed E-state index contributed by atoms with van der Waals surface area (Å²) in [5.74, 6) is -0.781. The van der Waals surface area contributed by atoms with Crippen LogP contribution in [0.2, 0.25) is 0 Å². The molecule has 6 nitrogen and oxygen atoms in total. The predicted molar refractivity (Wildman–Crippen MR) is 81.0 cm³/mol. The Morgan fingerprint density at radius 3 is 2.67 bits per heavy atom. The zero-order valence-corrected chi connectivity index (χ0v) is 13.5. The SMILES string of the molecule is Cc1noc(C2CN(C(=O)Cc3c(F)cccc3F)CCN2C)n1. The molecule has 1 unspecified atom stereocenters. The van der Waals surface area contributed by atoms with E-state index < -0.39 is 11.6 Å². The molecule has 24 heavy (non-hydrogen) atoms. The number of aromatic nitrogens is 2. The van der Waals surface area contributed by atoms with E-state index in [-0.39, 0.29) is 23.9 Å².